The number of benzene rings is 1. The number of rotatable bonds is 7. The van der Waals surface area contributed by atoms with Crippen LogP contribution in [0.15, 0.2) is 40.2 Å². The van der Waals surface area contributed by atoms with Crippen LogP contribution in [-0.4, -0.2) is 63.2 Å². The fraction of sp³-hybridized carbons (Fsp3) is 0.579. The fourth-order valence-electron chi connectivity index (χ4n) is 2.98. The fourth-order valence-corrected chi connectivity index (χ4v) is 4.12. The molecule has 1 saturated heterocycles. The van der Waals surface area contributed by atoms with Crippen LogP contribution in [0.1, 0.15) is 27.2 Å². The molecular weight excluding hydrogens is 491 g/mol. The first-order valence-electron chi connectivity index (χ1n) is 9.45. The third-order valence-corrected chi connectivity index (χ3v) is 6.12. The molecule has 0 radical (unpaired) electrons. The van der Waals surface area contributed by atoms with Gasteiger partial charge in [-0.1, -0.05) is 32.0 Å². The molecule has 1 fully saturated rings. The lowest BCUT2D eigenvalue weighted by molar-refractivity contribution is -0.133. The Bertz CT molecular complexity index is 754. The van der Waals surface area contributed by atoms with Crippen molar-refractivity contribution in [1.82, 2.24) is 15.5 Å². The van der Waals surface area contributed by atoms with Gasteiger partial charge in [-0.05, 0) is 25.5 Å². The average Bonchev–Trinajstić information content (AvgIpc) is 3.10. The van der Waals surface area contributed by atoms with Gasteiger partial charge < -0.3 is 15.5 Å². The number of halogens is 1. The number of likely N-dealkylation sites (tertiary alicyclic amines) is 1. The van der Waals surface area contributed by atoms with Gasteiger partial charge in [0.1, 0.15) is 0 Å². The van der Waals surface area contributed by atoms with E-state index in [1.54, 1.807) is 30.3 Å². The number of hydrogen-bond donors (Lipinski definition) is 2. The number of aliphatic imine (C=N–C) groups is 1. The zero-order valence-corrected chi connectivity index (χ0v) is 19.9. The van der Waals surface area contributed by atoms with Crippen LogP contribution < -0.4 is 10.6 Å². The monoisotopic (exact) mass is 522 g/mol. The first-order valence-corrected chi connectivity index (χ1v) is 11.1. The van der Waals surface area contributed by atoms with E-state index in [0.717, 1.165) is 13.0 Å². The topological polar surface area (TPSA) is 90.9 Å². The molecule has 0 spiro atoms. The summed E-state index contributed by atoms with van der Waals surface area (Å²) >= 11 is 0. The molecule has 1 aromatic carbocycles. The molecule has 1 amide bonds. The lowest BCUT2D eigenvalue weighted by atomic mass is 10.2. The molecule has 28 heavy (non-hydrogen) atoms. The Balaban J connectivity index is 0.00000392. The van der Waals surface area contributed by atoms with E-state index in [1.165, 1.54) is 0 Å². The number of amides is 1. The molecule has 2 N–H and O–H groups in total. The molecule has 0 bridgehead atoms. The van der Waals surface area contributed by atoms with Gasteiger partial charge in [0, 0.05) is 31.6 Å². The highest BCUT2D eigenvalue weighted by Crippen LogP contribution is 2.13. The summed E-state index contributed by atoms with van der Waals surface area (Å²) in [5, 5.41) is 6.46. The first kappa shape index (κ1) is 24.7. The smallest absolute Gasteiger partial charge is 0.225 e. The lowest BCUT2D eigenvalue weighted by Gasteiger charge is -2.20. The number of sulfone groups is 1. The van der Waals surface area contributed by atoms with Crippen LogP contribution in [0.4, 0.5) is 0 Å². The molecule has 158 valence electrons. The summed E-state index contributed by atoms with van der Waals surface area (Å²) in [5.41, 5.74) is 0. The molecule has 1 unspecified atom stereocenters. The molecule has 1 atom stereocenters. The minimum atomic E-state index is -3.34. The maximum absolute atomic E-state index is 12.3. The van der Waals surface area contributed by atoms with E-state index in [4.69, 9.17) is 0 Å². The second-order valence-electron chi connectivity index (χ2n) is 6.96. The summed E-state index contributed by atoms with van der Waals surface area (Å²) in [6.45, 7) is 8.00. The molecule has 0 aliphatic carbocycles. The quantitative estimate of drug-likeness (QED) is 0.324. The van der Waals surface area contributed by atoms with Crippen LogP contribution in [0.25, 0.3) is 0 Å². The van der Waals surface area contributed by atoms with Gasteiger partial charge >= 0.3 is 0 Å². The number of nitrogens with one attached hydrogen (secondary N) is 2. The predicted molar refractivity (Wildman–Crippen MR) is 123 cm³/mol. The van der Waals surface area contributed by atoms with Crippen molar-refractivity contribution in [3.63, 3.8) is 0 Å². The van der Waals surface area contributed by atoms with Crippen LogP contribution in [-0.2, 0) is 14.6 Å². The van der Waals surface area contributed by atoms with Gasteiger partial charge in [0.2, 0.25) is 5.91 Å². The van der Waals surface area contributed by atoms with Crippen LogP contribution in [0.3, 0.4) is 0 Å². The van der Waals surface area contributed by atoms with Crippen molar-refractivity contribution in [3.8, 4) is 0 Å². The van der Waals surface area contributed by atoms with Gasteiger partial charge in [-0.15, -0.1) is 24.0 Å². The summed E-state index contributed by atoms with van der Waals surface area (Å²) < 4.78 is 24.7. The third-order valence-electron chi connectivity index (χ3n) is 4.41. The SMILES string of the molecule is CCNC(=NCCS(=O)(=O)c1ccccc1)NC1CCN(C(=O)C(C)C)C1.I. The van der Waals surface area contributed by atoms with Gasteiger partial charge in [-0.3, -0.25) is 9.79 Å². The minimum absolute atomic E-state index is 0. The van der Waals surface area contributed by atoms with Crippen LogP contribution in [0, 0.1) is 5.92 Å². The van der Waals surface area contributed by atoms with Crippen molar-refractivity contribution < 1.29 is 13.2 Å². The number of carbonyl (C=O) groups is 1. The summed E-state index contributed by atoms with van der Waals surface area (Å²) in [5.74, 6) is 0.699. The van der Waals surface area contributed by atoms with E-state index >= 15 is 0 Å². The minimum Gasteiger partial charge on any atom is -0.357 e. The molecule has 0 aromatic heterocycles. The highest BCUT2D eigenvalue weighted by atomic mass is 127. The average molecular weight is 522 g/mol. The summed E-state index contributed by atoms with van der Waals surface area (Å²) in [4.78, 5) is 18.7. The van der Waals surface area contributed by atoms with E-state index in [1.807, 2.05) is 25.7 Å². The zero-order chi connectivity index (χ0) is 19.9. The number of hydrogen-bond acceptors (Lipinski definition) is 4. The van der Waals surface area contributed by atoms with Crippen molar-refractivity contribution in [2.45, 2.75) is 38.1 Å². The number of carbonyl (C=O) groups excluding carboxylic acids is 1. The Hall–Kier alpha value is -1.36. The van der Waals surface area contributed by atoms with E-state index < -0.39 is 9.84 Å². The van der Waals surface area contributed by atoms with Gasteiger partial charge in [0.05, 0.1) is 17.2 Å². The molecule has 0 saturated carbocycles. The summed E-state index contributed by atoms with van der Waals surface area (Å²) in [6.07, 6.45) is 0.852. The van der Waals surface area contributed by atoms with Crippen LogP contribution >= 0.6 is 24.0 Å². The second-order valence-corrected chi connectivity index (χ2v) is 9.07. The van der Waals surface area contributed by atoms with E-state index in [9.17, 15) is 13.2 Å². The van der Waals surface area contributed by atoms with Gasteiger partial charge in [-0.25, -0.2) is 8.42 Å². The number of nitrogens with zero attached hydrogens (tertiary/aromatic N) is 2. The predicted octanol–water partition coefficient (Wildman–Crippen LogP) is 1.89. The van der Waals surface area contributed by atoms with Crippen molar-refractivity contribution >= 4 is 45.7 Å². The van der Waals surface area contributed by atoms with E-state index in [2.05, 4.69) is 15.6 Å². The van der Waals surface area contributed by atoms with E-state index in [-0.39, 0.29) is 54.1 Å². The van der Waals surface area contributed by atoms with Gasteiger partial charge in [-0.2, -0.15) is 0 Å². The number of guanidine groups is 1. The Morgan fingerprint density at radius 3 is 2.57 bits per heavy atom. The molecular formula is C19H31IN4O3S. The normalized spacial score (nSPS) is 17.4. The van der Waals surface area contributed by atoms with E-state index in [0.29, 0.717) is 23.9 Å². The Labute approximate surface area is 185 Å². The van der Waals surface area contributed by atoms with Crippen LogP contribution in [0.2, 0.25) is 0 Å². The first-order chi connectivity index (χ1) is 12.8. The Morgan fingerprint density at radius 2 is 1.96 bits per heavy atom. The highest BCUT2D eigenvalue weighted by Gasteiger charge is 2.28. The highest BCUT2D eigenvalue weighted by molar-refractivity contribution is 14.0. The van der Waals surface area contributed by atoms with Gasteiger partial charge in [0.25, 0.3) is 0 Å². The Morgan fingerprint density at radius 1 is 1.29 bits per heavy atom. The molecule has 7 nitrogen and oxygen atoms in total. The third kappa shape index (κ3) is 7.23. The largest absolute Gasteiger partial charge is 0.357 e. The maximum atomic E-state index is 12.3. The van der Waals surface area contributed by atoms with Crippen molar-refractivity contribution in [1.29, 1.82) is 0 Å². The zero-order valence-electron chi connectivity index (χ0n) is 16.7. The molecule has 9 heteroatoms. The molecule has 1 heterocycles. The van der Waals surface area contributed by atoms with Gasteiger partial charge in [0.15, 0.2) is 15.8 Å². The summed E-state index contributed by atoms with van der Waals surface area (Å²) in [7, 11) is -3.34. The molecule has 1 aliphatic heterocycles. The summed E-state index contributed by atoms with van der Waals surface area (Å²) in [6, 6.07) is 8.54. The molecule has 1 aromatic rings. The van der Waals surface area contributed by atoms with Crippen molar-refractivity contribution in [2.75, 3.05) is 31.9 Å². The van der Waals surface area contributed by atoms with Crippen molar-refractivity contribution in [3.05, 3.63) is 30.3 Å². The molecule has 2 rings (SSSR count). The Kier molecular flexibility index (Phi) is 10.2. The van der Waals surface area contributed by atoms with Crippen molar-refractivity contribution in [2.24, 2.45) is 10.9 Å². The maximum Gasteiger partial charge on any atom is 0.225 e. The lowest BCUT2D eigenvalue weighted by Crippen LogP contribution is -2.45. The second kappa shape index (κ2) is 11.6. The standard InChI is InChI=1S/C19H30N4O3S.HI/c1-4-20-19(22-16-10-12-23(14-16)18(24)15(2)3)21-11-13-27(25,26)17-8-6-5-7-9-17;/h5-9,15-16H,4,10-14H2,1-3H3,(H2,20,21,22);1H. The molecule has 1 aliphatic rings. The van der Waals surface area contributed by atoms with Crippen LogP contribution in [0.5, 0.6) is 0 Å².